The second-order valence-electron chi connectivity index (χ2n) is 14.7. The Morgan fingerprint density at radius 1 is 0.972 bits per heavy atom. The number of methoxy groups -OCH3 is 1. The number of ether oxygens (including phenoxy) is 1. The van der Waals surface area contributed by atoms with E-state index in [1.165, 1.54) is 12.7 Å². The van der Waals surface area contributed by atoms with Gasteiger partial charge in [-0.3, -0.25) is 14.4 Å². The number of hydrogen-bond acceptors (Lipinski definition) is 4. The molecule has 5 heteroatoms. The van der Waals surface area contributed by atoms with Gasteiger partial charge in [-0.2, -0.15) is 0 Å². The van der Waals surface area contributed by atoms with Crippen molar-refractivity contribution in [1.82, 2.24) is 0 Å². The van der Waals surface area contributed by atoms with E-state index in [2.05, 4.69) is 70.5 Å². The molecular formula is C31H43BrO4. The molecule has 3 fully saturated rings. The van der Waals surface area contributed by atoms with E-state index in [4.69, 9.17) is 4.74 Å². The molecule has 0 bridgehead atoms. The van der Waals surface area contributed by atoms with Gasteiger partial charge in [-0.25, -0.2) is 0 Å². The van der Waals surface area contributed by atoms with Gasteiger partial charge in [-0.05, 0) is 95.0 Å². The molecule has 3 saturated carbocycles. The van der Waals surface area contributed by atoms with Crippen LogP contribution in [0.15, 0.2) is 22.2 Å². The number of allylic oxidation sites excluding steroid dienone is 4. The van der Waals surface area contributed by atoms with Crippen LogP contribution in [0.2, 0.25) is 0 Å². The fraction of sp³-hybridized carbons (Fsp3) is 0.774. The number of hydrogen-bond donors (Lipinski definition) is 0. The van der Waals surface area contributed by atoms with Crippen molar-refractivity contribution in [2.75, 3.05) is 7.11 Å². The van der Waals surface area contributed by atoms with Crippen LogP contribution in [0.5, 0.6) is 0 Å². The van der Waals surface area contributed by atoms with E-state index in [1.807, 2.05) is 6.08 Å². The fourth-order valence-electron chi connectivity index (χ4n) is 10.0. The van der Waals surface area contributed by atoms with Crippen molar-refractivity contribution in [1.29, 1.82) is 0 Å². The van der Waals surface area contributed by atoms with Crippen LogP contribution in [-0.4, -0.2) is 24.6 Å². The lowest BCUT2D eigenvalue weighted by molar-refractivity contribution is -0.191. The number of halogens is 1. The minimum atomic E-state index is -0.560. The lowest BCUT2D eigenvalue weighted by Gasteiger charge is -2.68. The van der Waals surface area contributed by atoms with E-state index in [0.717, 1.165) is 44.9 Å². The molecule has 4 nitrogen and oxygen atoms in total. The topological polar surface area (TPSA) is 60.4 Å². The van der Waals surface area contributed by atoms with Crippen LogP contribution in [-0.2, 0) is 19.1 Å². The zero-order chi connectivity index (χ0) is 26.7. The molecule has 0 radical (unpaired) electrons. The van der Waals surface area contributed by atoms with Crippen LogP contribution in [0.4, 0.5) is 0 Å². The summed E-state index contributed by atoms with van der Waals surface area (Å²) >= 11 is 3.60. The van der Waals surface area contributed by atoms with Gasteiger partial charge in [0.25, 0.3) is 0 Å². The molecule has 0 N–H and O–H groups in total. The van der Waals surface area contributed by atoms with Crippen molar-refractivity contribution < 1.29 is 19.1 Å². The van der Waals surface area contributed by atoms with Gasteiger partial charge in [0.1, 0.15) is 0 Å². The van der Waals surface area contributed by atoms with E-state index < -0.39 is 10.8 Å². The first kappa shape index (κ1) is 26.4. The maximum absolute atomic E-state index is 14.3. The summed E-state index contributed by atoms with van der Waals surface area (Å²) in [6.07, 6.45) is 10.3. The number of rotatable bonds is 1. The van der Waals surface area contributed by atoms with Crippen molar-refractivity contribution in [3.63, 3.8) is 0 Å². The average Bonchev–Trinajstić information content (AvgIpc) is 2.78. The molecule has 36 heavy (non-hydrogen) atoms. The summed E-state index contributed by atoms with van der Waals surface area (Å²) in [4.78, 5) is 40.9. The van der Waals surface area contributed by atoms with Gasteiger partial charge >= 0.3 is 5.97 Å². The van der Waals surface area contributed by atoms with Crippen LogP contribution in [0.1, 0.15) is 93.4 Å². The summed E-state index contributed by atoms with van der Waals surface area (Å²) in [5.74, 6) is 0.175. The zero-order valence-corrected chi connectivity index (χ0v) is 24.9. The molecule has 0 spiro atoms. The smallest absolute Gasteiger partial charge is 0.312 e. The number of esters is 1. The van der Waals surface area contributed by atoms with Gasteiger partial charge in [-0.1, -0.05) is 60.1 Å². The van der Waals surface area contributed by atoms with E-state index in [0.29, 0.717) is 4.48 Å². The SMILES string of the molecule is COC(=O)[C@]12CCC(C)(C)C[C@H]1[C@H]1C(=O)C=C3[C@@]4(C)C=C(Br)C(=O)C(C)(C)C4CC[C@@]3(C)[C@]1(C)CC2. The summed E-state index contributed by atoms with van der Waals surface area (Å²) in [7, 11) is 1.50. The summed E-state index contributed by atoms with van der Waals surface area (Å²) in [6.45, 7) is 15.7. The van der Waals surface area contributed by atoms with Gasteiger partial charge in [-0.15, -0.1) is 0 Å². The van der Waals surface area contributed by atoms with Crippen LogP contribution in [0.25, 0.3) is 0 Å². The standard InChI is InChI=1S/C31H43BrO4/c1-26(2)11-13-31(25(35)36-8)14-12-30(7)23(18(31)16-26)20(33)15-22-28(5)17-19(32)24(34)27(3,4)21(28)9-10-29(22,30)6/h15,17-18,21,23H,9-14,16H2,1-8H3/t18-,21?,23-,28-,29+,30+,31-/m0/s1. The first-order chi connectivity index (χ1) is 16.5. The summed E-state index contributed by atoms with van der Waals surface area (Å²) in [5.41, 5.74) is -0.551. The van der Waals surface area contributed by atoms with Crippen molar-refractivity contribution >= 4 is 33.5 Å². The molecule has 0 aromatic heterocycles. The Balaban J connectivity index is 1.69. The molecule has 0 amide bonds. The first-order valence-electron chi connectivity index (χ1n) is 13.8. The first-order valence-corrected chi connectivity index (χ1v) is 14.6. The maximum atomic E-state index is 14.3. The van der Waals surface area contributed by atoms with Crippen LogP contribution in [0.3, 0.4) is 0 Å². The Bertz CT molecular complexity index is 1110. The Labute approximate surface area is 225 Å². The van der Waals surface area contributed by atoms with Crippen molar-refractivity contribution in [3.05, 3.63) is 22.2 Å². The predicted octanol–water partition coefficient (Wildman–Crippen LogP) is 7.21. The Kier molecular flexibility index (Phi) is 5.62. The molecule has 0 heterocycles. The Hall–Kier alpha value is -1.23. The summed E-state index contributed by atoms with van der Waals surface area (Å²) < 4.78 is 6.06. The second kappa shape index (κ2) is 7.67. The van der Waals surface area contributed by atoms with Gasteiger partial charge in [0.2, 0.25) is 0 Å². The highest BCUT2D eigenvalue weighted by molar-refractivity contribution is 9.12. The maximum Gasteiger partial charge on any atom is 0.312 e. The normalized spacial score (nSPS) is 46.9. The number of ketones is 2. The molecule has 5 rings (SSSR count). The van der Waals surface area contributed by atoms with Gasteiger partial charge in [0.05, 0.1) is 17.0 Å². The van der Waals surface area contributed by atoms with E-state index in [-0.39, 0.29) is 56.9 Å². The summed E-state index contributed by atoms with van der Waals surface area (Å²) in [5, 5.41) is 0. The molecule has 0 aromatic rings. The second-order valence-corrected chi connectivity index (χ2v) is 15.6. The number of fused-ring (bicyclic) bond motifs is 7. The molecule has 5 aliphatic carbocycles. The van der Waals surface area contributed by atoms with E-state index >= 15 is 0 Å². The predicted molar refractivity (Wildman–Crippen MR) is 144 cm³/mol. The largest absolute Gasteiger partial charge is 0.469 e. The average molecular weight is 560 g/mol. The monoisotopic (exact) mass is 558 g/mol. The van der Waals surface area contributed by atoms with Gasteiger partial charge in [0, 0.05) is 16.7 Å². The van der Waals surface area contributed by atoms with Gasteiger partial charge < -0.3 is 4.74 Å². The van der Waals surface area contributed by atoms with Crippen LogP contribution >= 0.6 is 15.9 Å². The number of Topliss-reactive ketones (excluding diaryl/α,β-unsaturated/α-hetero) is 1. The summed E-state index contributed by atoms with van der Waals surface area (Å²) in [6, 6.07) is 0. The zero-order valence-electron chi connectivity index (χ0n) is 23.3. The molecule has 5 aliphatic rings. The minimum Gasteiger partial charge on any atom is -0.469 e. The van der Waals surface area contributed by atoms with Gasteiger partial charge in [0.15, 0.2) is 11.6 Å². The third kappa shape index (κ3) is 3.07. The third-order valence-electron chi connectivity index (χ3n) is 12.3. The van der Waals surface area contributed by atoms with Crippen molar-refractivity contribution in [2.45, 2.75) is 93.4 Å². The van der Waals surface area contributed by atoms with E-state index in [9.17, 15) is 14.4 Å². The lowest BCUT2D eigenvalue weighted by Crippen LogP contribution is -2.65. The third-order valence-corrected chi connectivity index (χ3v) is 12.9. The molecule has 0 aromatic carbocycles. The highest BCUT2D eigenvalue weighted by atomic mass is 79.9. The number of carbonyl (C=O) groups is 3. The van der Waals surface area contributed by atoms with Crippen molar-refractivity contribution in [3.8, 4) is 0 Å². The Morgan fingerprint density at radius 2 is 1.61 bits per heavy atom. The Morgan fingerprint density at radius 3 is 2.25 bits per heavy atom. The molecule has 1 unspecified atom stereocenters. The van der Waals surface area contributed by atoms with Crippen LogP contribution in [0, 0.1) is 50.2 Å². The quantitative estimate of drug-likeness (QED) is 0.319. The molecule has 0 saturated heterocycles. The van der Waals surface area contributed by atoms with Crippen LogP contribution < -0.4 is 0 Å². The minimum absolute atomic E-state index is 0.00763. The van der Waals surface area contributed by atoms with E-state index in [1.54, 1.807) is 0 Å². The molecular weight excluding hydrogens is 516 g/mol. The lowest BCUT2D eigenvalue weighted by atomic mass is 9.34. The number of carbonyl (C=O) groups excluding carboxylic acids is 3. The molecule has 7 atom stereocenters. The fourth-order valence-corrected chi connectivity index (χ4v) is 11.0. The highest BCUT2D eigenvalue weighted by Gasteiger charge is 2.71. The highest BCUT2D eigenvalue weighted by Crippen LogP contribution is 2.74. The molecule has 0 aliphatic heterocycles. The van der Waals surface area contributed by atoms with Crippen molar-refractivity contribution in [2.24, 2.45) is 50.2 Å². The molecule has 198 valence electrons.